The van der Waals surface area contributed by atoms with E-state index in [0.717, 1.165) is 38.9 Å². The molecule has 31 heavy (non-hydrogen) atoms. The maximum atomic E-state index is 15.3. The summed E-state index contributed by atoms with van der Waals surface area (Å²) in [4.78, 5) is 26.7. The summed E-state index contributed by atoms with van der Waals surface area (Å²) in [7, 11) is 1.49. The van der Waals surface area contributed by atoms with Crippen LogP contribution in [0.1, 0.15) is 54.1 Å². The molecule has 3 heterocycles. The molecule has 0 unspecified atom stereocenters. The predicted molar refractivity (Wildman–Crippen MR) is 114 cm³/mol. The minimum Gasteiger partial charge on any atom is -0.494 e. The first-order valence-electron chi connectivity index (χ1n) is 11.1. The molecular weight excluding hydrogens is 401 g/mol. The van der Waals surface area contributed by atoms with Crippen molar-refractivity contribution in [1.82, 2.24) is 14.8 Å². The van der Waals surface area contributed by atoms with Gasteiger partial charge in [0.1, 0.15) is 11.4 Å². The van der Waals surface area contributed by atoms with Crippen LogP contribution in [0.25, 0.3) is 10.9 Å². The molecule has 2 saturated heterocycles. The van der Waals surface area contributed by atoms with Crippen molar-refractivity contribution >= 4 is 16.9 Å². The SMILES string of the molecule is COc1c(CN2CC[C@@H]3CCCN[C@@H]3C2)c(F)cc2c(=O)c(C(=O)O)cn(C3CC3)c12. The molecule has 2 atom stereocenters. The van der Waals surface area contributed by atoms with E-state index in [-0.39, 0.29) is 17.0 Å². The maximum Gasteiger partial charge on any atom is 0.341 e. The molecule has 1 aliphatic carbocycles. The van der Waals surface area contributed by atoms with Gasteiger partial charge < -0.3 is 19.7 Å². The van der Waals surface area contributed by atoms with E-state index in [1.54, 1.807) is 4.57 Å². The minimum atomic E-state index is -1.30. The Kier molecular flexibility index (Phi) is 5.22. The molecule has 3 aliphatic rings. The highest BCUT2D eigenvalue weighted by atomic mass is 19.1. The van der Waals surface area contributed by atoms with Gasteiger partial charge in [0.05, 0.1) is 18.0 Å². The van der Waals surface area contributed by atoms with Crippen LogP contribution in [0.2, 0.25) is 0 Å². The van der Waals surface area contributed by atoms with Gasteiger partial charge in [-0.2, -0.15) is 0 Å². The van der Waals surface area contributed by atoms with Gasteiger partial charge in [-0.3, -0.25) is 9.69 Å². The van der Waals surface area contributed by atoms with Crippen LogP contribution in [0.5, 0.6) is 5.75 Å². The number of carbonyl (C=O) groups is 1. The van der Waals surface area contributed by atoms with Gasteiger partial charge in [-0.15, -0.1) is 0 Å². The quantitative estimate of drug-likeness (QED) is 0.761. The van der Waals surface area contributed by atoms with Crippen molar-refractivity contribution in [2.24, 2.45) is 5.92 Å². The number of nitrogens with one attached hydrogen (secondary N) is 1. The third kappa shape index (κ3) is 3.61. The number of carboxylic acids is 1. The largest absolute Gasteiger partial charge is 0.494 e. The number of methoxy groups -OCH3 is 1. The fourth-order valence-corrected chi connectivity index (χ4v) is 5.32. The van der Waals surface area contributed by atoms with E-state index in [2.05, 4.69) is 10.2 Å². The van der Waals surface area contributed by atoms with Crippen LogP contribution < -0.4 is 15.5 Å². The number of halogens is 1. The van der Waals surface area contributed by atoms with Crippen LogP contribution >= 0.6 is 0 Å². The number of fused-ring (bicyclic) bond motifs is 2. The van der Waals surface area contributed by atoms with Crippen molar-refractivity contribution in [2.45, 2.75) is 50.7 Å². The van der Waals surface area contributed by atoms with Gasteiger partial charge in [-0.05, 0) is 57.2 Å². The number of nitrogens with zero attached hydrogens (tertiary/aromatic N) is 2. The number of pyridine rings is 1. The van der Waals surface area contributed by atoms with Crippen molar-refractivity contribution < 1.29 is 19.0 Å². The Morgan fingerprint density at radius 2 is 2.13 bits per heavy atom. The molecule has 0 spiro atoms. The van der Waals surface area contributed by atoms with E-state index in [4.69, 9.17) is 4.74 Å². The van der Waals surface area contributed by atoms with Crippen molar-refractivity contribution in [3.63, 3.8) is 0 Å². The topological polar surface area (TPSA) is 83.8 Å². The zero-order valence-electron chi connectivity index (χ0n) is 17.7. The van der Waals surface area contributed by atoms with E-state index in [1.807, 2.05) is 0 Å². The van der Waals surface area contributed by atoms with Crippen LogP contribution in [0.15, 0.2) is 17.1 Å². The number of aromatic nitrogens is 1. The summed E-state index contributed by atoms with van der Waals surface area (Å²) in [6.45, 7) is 3.19. The zero-order chi connectivity index (χ0) is 21.7. The zero-order valence-corrected chi connectivity index (χ0v) is 17.7. The molecule has 1 saturated carbocycles. The Morgan fingerprint density at radius 3 is 2.84 bits per heavy atom. The molecule has 166 valence electrons. The average Bonchev–Trinajstić information content (AvgIpc) is 3.60. The number of hydrogen-bond acceptors (Lipinski definition) is 5. The lowest BCUT2D eigenvalue weighted by Gasteiger charge is -2.42. The van der Waals surface area contributed by atoms with Gasteiger partial charge in [-0.1, -0.05) is 0 Å². The molecule has 0 amide bonds. The second-order valence-electron chi connectivity index (χ2n) is 9.07. The van der Waals surface area contributed by atoms with E-state index in [1.165, 1.54) is 32.2 Å². The standard InChI is InChI=1S/C23H28FN3O4/c1-31-22-16(10-26-8-6-13-3-2-7-25-19(13)12-26)18(24)9-15-20(22)27(14-4-5-14)11-17(21(15)28)23(29)30/h9,11,13-14,19,25H,2-8,10,12H2,1H3,(H,29,30)/t13-,19+/m0/s1. The summed E-state index contributed by atoms with van der Waals surface area (Å²) in [5.41, 5.74) is -0.0716. The van der Waals surface area contributed by atoms with Gasteiger partial charge in [0, 0.05) is 36.9 Å². The highest BCUT2D eigenvalue weighted by molar-refractivity contribution is 5.95. The maximum absolute atomic E-state index is 15.3. The lowest BCUT2D eigenvalue weighted by Crippen LogP contribution is -2.53. The molecule has 2 aromatic rings. The first-order valence-corrected chi connectivity index (χ1v) is 11.1. The van der Waals surface area contributed by atoms with Crippen molar-refractivity contribution in [3.8, 4) is 5.75 Å². The fraction of sp³-hybridized carbons (Fsp3) is 0.565. The molecular formula is C23H28FN3O4. The summed E-state index contributed by atoms with van der Waals surface area (Å²) in [6, 6.07) is 1.74. The van der Waals surface area contributed by atoms with Crippen LogP contribution in [-0.2, 0) is 6.54 Å². The van der Waals surface area contributed by atoms with Crippen molar-refractivity contribution in [2.75, 3.05) is 26.7 Å². The van der Waals surface area contributed by atoms with Crippen molar-refractivity contribution in [3.05, 3.63) is 39.4 Å². The van der Waals surface area contributed by atoms with E-state index in [0.29, 0.717) is 35.3 Å². The Balaban J connectivity index is 1.58. The normalized spacial score (nSPS) is 24.2. The van der Waals surface area contributed by atoms with Crippen LogP contribution in [-0.4, -0.2) is 53.3 Å². The summed E-state index contributed by atoms with van der Waals surface area (Å²) in [5, 5.41) is 13.1. The van der Waals surface area contributed by atoms with Crippen LogP contribution in [0, 0.1) is 11.7 Å². The molecule has 7 nitrogen and oxygen atoms in total. The molecule has 8 heteroatoms. The molecule has 2 aliphatic heterocycles. The Labute approximate surface area is 179 Å². The number of piperidine rings is 2. The van der Waals surface area contributed by atoms with Gasteiger partial charge in [0.2, 0.25) is 5.43 Å². The third-order valence-corrected chi connectivity index (χ3v) is 7.07. The molecule has 1 aromatic carbocycles. The smallest absolute Gasteiger partial charge is 0.341 e. The number of hydrogen-bond donors (Lipinski definition) is 2. The molecule has 0 bridgehead atoms. The van der Waals surface area contributed by atoms with Crippen LogP contribution in [0.3, 0.4) is 0 Å². The highest BCUT2D eigenvalue weighted by Crippen LogP contribution is 2.41. The number of benzene rings is 1. The number of rotatable bonds is 5. The summed E-state index contributed by atoms with van der Waals surface area (Å²) >= 11 is 0. The number of ether oxygens (including phenoxy) is 1. The first-order chi connectivity index (χ1) is 15.0. The van der Waals surface area contributed by atoms with Gasteiger partial charge >= 0.3 is 5.97 Å². The van der Waals surface area contributed by atoms with Crippen LogP contribution in [0.4, 0.5) is 4.39 Å². The van der Waals surface area contributed by atoms with E-state index < -0.39 is 17.2 Å². The Hall–Kier alpha value is -2.45. The molecule has 0 radical (unpaired) electrons. The fourth-order valence-electron chi connectivity index (χ4n) is 5.32. The van der Waals surface area contributed by atoms with E-state index >= 15 is 4.39 Å². The lowest BCUT2D eigenvalue weighted by molar-refractivity contribution is 0.0695. The molecule has 3 fully saturated rings. The Morgan fingerprint density at radius 1 is 1.32 bits per heavy atom. The molecule has 2 N–H and O–H groups in total. The number of carboxylic acid groups (broad SMARTS) is 1. The predicted octanol–water partition coefficient (Wildman–Crippen LogP) is 2.76. The monoisotopic (exact) mass is 429 g/mol. The second-order valence-corrected chi connectivity index (χ2v) is 9.07. The third-order valence-electron chi connectivity index (χ3n) is 7.07. The first kappa shape index (κ1) is 20.5. The van der Waals surface area contributed by atoms with Gasteiger partial charge in [-0.25, -0.2) is 9.18 Å². The summed E-state index contributed by atoms with van der Waals surface area (Å²) < 4.78 is 22.8. The van der Waals surface area contributed by atoms with E-state index in [9.17, 15) is 14.7 Å². The average molecular weight is 429 g/mol. The summed E-state index contributed by atoms with van der Waals surface area (Å²) in [6.07, 6.45) is 6.74. The lowest BCUT2D eigenvalue weighted by atomic mass is 9.85. The van der Waals surface area contributed by atoms with Gasteiger partial charge in [0.25, 0.3) is 0 Å². The van der Waals surface area contributed by atoms with Crippen molar-refractivity contribution in [1.29, 1.82) is 0 Å². The summed E-state index contributed by atoms with van der Waals surface area (Å²) in [5.74, 6) is -0.796. The number of likely N-dealkylation sites (tertiary alicyclic amines) is 1. The molecule has 1 aromatic heterocycles. The van der Waals surface area contributed by atoms with Gasteiger partial charge in [0.15, 0.2) is 5.75 Å². The minimum absolute atomic E-state index is 0.0672. The second kappa shape index (κ2) is 7.91. The molecule has 5 rings (SSSR count). The number of aromatic carboxylic acids is 1. The highest BCUT2D eigenvalue weighted by Gasteiger charge is 2.33. The Bertz CT molecular complexity index is 1090.